The highest BCUT2D eigenvalue weighted by Gasteiger charge is 2.17. The molecule has 6 nitrogen and oxygen atoms in total. The molecular weight excluding hydrogens is 344 g/mol. The molecular formula is C21H18N2O4. The summed E-state index contributed by atoms with van der Waals surface area (Å²) >= 11 is 0. The molecule has 0 saturated carbocycles. The van der Waals surface area contributed by atoms with Gasteiger partial charge in [-0.15, -0.1) is 0 Å². The second kappa shape index (κ2) is 7.07. The van der Waals surface area contributed by atoms with Crippen molar-refractivity contribution >= 4 is 17.3 Å². The van der Waals surface area contributed by atoms with E-state index < -0.39 is 4.92 Å². The van der Waals surface area contributed by atoms with Crippen molar-refractivity contribution in [3.05, 3.63) is 81.6 Å². The molecule has 1 N–H and O–H groups in total. The summed E-state index contributed by atoms with van der Waals surface area (Å²) in [6, 6.07) is 15.3. The fourth-order valence-electron chi connectivity index (χ4n) is 3.44. The number of nitrogens with zero attached hydrogens (tertiary/aromatic N) is 1. The lowest BCUT2D eigenvalue weighted by molar-refractivity contribution is -0.384. The number of non-ortho nitro benzene ring substituents is 1. The molecule has 0 radical (unpaired) electrons. The zero-order chi connectivity index (χ0) is 18.8. The number of amides is 1. The number of carbonyl (C=O) groups is 1. The Hall–Kier alpha value is -3.41. The first-order chi connectivity index (χ1) is 13.1. The molecule has 1 amide bonds. The number of aryl methyl sites for hydroxylation is 1. The number of nitro groups is 1. The van der Waals surface area contributed by atoms with Crippen molar-refractivity contribution in [1.29, 1.82) is 0 Å². The van der Waals surface area contributed by atoms with E-state index in [2.05, 4.69) is 11.4 Å². The largest absolute Gasteiger partial charge is 0.451 e. The highest BCUT2D eigenvalue weighted by Crippen LogP contribution is 2.29. The Bertz CT molecular complexity index is 1010. The van der Waals surface area contributed by atoms with Crippen LogP contribution in [0.5, 0.6) is 0 Å². The lowest BCUT2D eigenvalue weighted by Gasteiger charge is -2.19. The number of hydrogen-bond acceptors (Lipinski definition) is 4. The maximum Gasteiger partial charge on any atom is 0.291 e. The number of hydrogen-bond donors (Lipinski definition) is 1. The molecule has 1 aliphatic carbocycles. The van der Waals surface area contributed by atoms with Gasteiger partial charge in [0.25, 0.3) is 11.6 Å². The molecule has 0 fully saturated rings. The molecule has 3 aromatic rings. The monoisotopic (exact) mass is 362 g/mol. The Balaban J connectivity index is 1.53. The van der Waals surface area contributed by atoms with Crippen molar-refractivity contribution in [3.8, 4) is 11.3 Å². The van der Waals surface area contributed by atoms with Gasteiger partial charge in [-0.25, -0.2) is 0 Å². The molecule has 0 unspecified atom stereocenters. The van der Waals surface area contributed by atoms with Gasteiger partial charge in [-0.05, 0) is 67.1 Å². The van der Waals surface area contributed by atoms with Crippen LogP contribution in [-0.4, -0.2) is 10.8 Å². The van der Waals surface area contributed by atoms with Crippen LogP contribution < -0.4 is 5.32 Å². The van der Waals surface area contributed by atoms with Gasteiger partial charge in [0.2, 0.25) is 0 Å². The molecule has 2 aromatic carbocycles. The van der Waals surface area contributed by atoms with E-state index in [9.17, 15) is 14.9 Å². The van der Waals surface area contributed by atoms with Gasteiger partial charge in [-0.2, -0.15) is 0 Å². The average molecular weight is 362 g/mol. The third-order valence-corrected chi connectivity index (χ3v) is 4.84. The maximum atomic E-state index is 12.6. The number of furan rings is 1. The summed E-state index contributed by atoms with van der Waals surface area (Å²) in [7, 11) is 0. The van der Waals surface area contributed by atoms with Crippen LogP contribution in [0.15, 0.2) is 59.0 Å². The molecule has 27 heavy (non-hydrogen) atoms. The maximum absolute atomic E-state index is 12.6. The second-order valence-electron chi connectivity index (χ2n) is 6.57. The quantitative estimate of drug-likeness (QED) is 0.523. The van der Waals surface area contributed by atoms with Gasteiger partial charge in [-0.3, -0.25) is 14.9 Å². The van der Waals surface area contributed by atoms with Crippen LogP contribution in [0, 0.1) is 10.1 Å². The average Bonchev–Trinajstić information content (AvgIpc) is 3.19. The predicted octanol–water partition coefficient (Wildman–Crippen LogP) is 4.99. The van der Waals surface area contributed by atoms with E-state index in [1.54, 1.807) is 24.3 Å². The van der Waals surface area contributed by atoms with Gasteiger partial charge in [-0.1, -0.05) is 12.1 Å². The Morgan fingerprint density at radius 2 is 1.78 bits per heavy atom. The van der Waals surface area contributed by atoms with Crippen molar-refractivity contribution in [1.82, 2.24) is 0 Å². The third kappa shape index (κ3) is 3.46. The fraction of sp³-hybridized carbons (Fsp3) is 0.190. The normalized spacial score (nSPS) is 13.0. The number of rotatable bonds is 4. The van der Waals surface area contributed by atoms with Crippen LogP contribution in [0.2, 0.25) is 0 Å². The number of nitro benzene ring substituents is 1. The number of benzene rings is 2. The van der Waals surface area contributed by atoms with Crippen molar-refractivity contribution in [2.24, 2.45) is 0 Å². The molecule has 0 atom stereocenters. The molecule has 0 aliphatic heterocycles. The third-order valence-electron chi connectivity index (χ3n) is 4.84. The molecule has 6 heteroatoms. The lowest BCUT2D eigenvalue weighted by Crippen LogP contribution is -2.14. The molecule has 0 spiro atoms. The first-order valence-electron chi connectivity index (χ1n) is 8.88. The van der Waals surface area contributed by atoms with E-state index in [1.165, 1.54) is 29.7 Å². The van der Waals surface area contributed by atoms with Crippen LogP contribution in [0.25, 0.3) is 11.3 Å². The lowest BCUT2D eigenvalue weighted by atomic mass is 9.90. The Morgan fingerprint density at radius 3 is 2.56 bits per heavy atom. The highest BCUT2D eigenvalue weighted by atomic mass is 16.6. The Labute approximate surface area is 156 Å². The van der Waals surface area contributed by atoms with Crippen LogP contribution >= 0.6 is 0 Å². The van der Waals surface area contributed by atoms with E-state index in [1.807, 2.05) is 12.1 Å². The summed E-state index contributed by atoms with van der Waals surface area (Å²) in [6.07, 6.45) is 4.33. The molecule has 136 valence electrons. The van der Waals surface area contributed by atoms with Crippen LogP contribution in [0.1, 0.15) is 34.5 Å². The minimum Gasteiger partial charge on any atom is -0.451 e. The summed E-state index contributed by atoms with van der Waals surface area (Å²) in [5.41, 5.74) is 4.03. The van der Waals surface area contributed by atoms with Gasteiger partial charge in [0, 0.05) is 23.4 Å². The molecule has 1 aromatic heterocycles. The van der Waals surface area contributed by atoms with Gasteiger partial charge in [0.1, 0.15) is 5.76 Å². The van der Waals surface area contributed by atoms with E-state index in [-0.39, 0.29) is 17.4 Å². The van der Waals surface area contributed by atoms with Gasteiger partial charge >= 0.3 is 0 Å². The predicted molar refractivity (Wildman–Crippen MR) is 102 cm³/mol. The van der Waals surface area contributed by atoms with E-state index in [4.69, 9.17) is 4.42 Å². The Morgan fingerprint density at radius 1 is 1.00 bits per heavy atom. The first kappa shape index (κ1) is 17.0. The summed E-state index contributed by atoms with van der Waals surface area (Å²) in [5.74, 6) is 0.393. The minimum atomic E-state index is -0.453. The van der Waals surface area contributed by atoms with E-state index in [0.29, 0.717) is 11.3 Å². The van der Waals surface area contributed by atoms with Gasteiger partial charge < -0.3 is 9.73 Å². The van der Waals surface area contributed by atoms with Crippen LogP contribution in [0.3, 0.4) is 0 Å². The number of anilines is 1. The summed E-state index contributed by atoms with van der Waals surface area (Å²) in [4.78, 5) is 22.9. The zero-order valence-electron chi connectivity index (χ0n) is 14.6. The first-order valence-corrected chi connectivity index (χ1v) is 8.88. The van der Waals surface area contributed by atoms with Crippen molar-refractivity contribution < 1.29 is 14.1 Å². The number of fused-ring (bicyclic) bond motifs is 1. The SMILES string of the molecule is O=C(Nc1cccc2c1CCCC2)c1ccc(-c2ccc([N+](=O)[O-])cc2)o1. The molecule has 1 heterocycles. The Kier molecular flexibility index (Phi) is 4.46. The van der Waals surface area contributed by atoms with Gasteiger partial charge in [0.05, 0.1) is 4.92 Å². The minimum absolute atomic E-state index is 0.0112. The summed E-state index contributed by atoms with van der Waals surface area (Å²) < 4.78 is 5.67. The topological polar surface area (TPSA) is 85.4 Å². The zero-order valence-corrected chi connectivity index (χ0v) is 14.6. The molecule has 0 saturated heterocycles. The van der Waals surface area contributed by atoms with Crippen molar-refractivity contribution in [3.63, 3.8) is 0 Å². The number of nitrogens with one attached hydrogen (secondary N) is 1. The smallest absolute Gasteiger partial charge is 0.291 e. The van der Waals surface area contributed by atoms with Crippen molar-refractivity contribution in [2.45, 2.75) is 25.7 Å². The molecule has 0 bridgehead atoms. The summed E-state index contributed by atoms with van der Waals surface area (Å²) in [5, 5.41) is 13.7. The highest BCUT2D eigenvalue weighted by molar-refractivity contribution is 6.03. The van der Waals surface area contributed by atoms with Crippen molar-refractivity contribution in [2.75, 3.05) is 5.32 Å². The van der Waals surface area contributed by atoms with Gasteiger partial charge in [0.15, 0.2) is 5.76 Å². The standard InChI is InChI=1S/C21H18N2O4/c24-21(22-18-7-3-5-14-4-1-2-6-17(14)18)20-13-12-19(27-20)15-8-10-16(11-9-15)23(25)26/h3,5,7-13H,1-2,4,6H2,(H,22,24). The second-order valence-corrected chi connectivity index (χ2v) is 6.57. The molecule has 4 rings (SSSR count). The van der Waals surface area contributed by atoms with E-state index >= 15 is 0 Å². The van der Waals surface area contributed by atoms with Crippen LogP contribution in [0.4, 0.5) is 11.4 Å². The number of carbonyl (C=O) groups excluding carboxylic acids is 1. The van der Waals surface area contributed by atoms with E-state index in [0.717, 1.165) is 24.9 Å². The van der Waals surface area contributed by atoms with Crippen LogP contribution in [-0.2, 0) is 12.8 Å². The summed E-state index contributed by atoms with van der Waals surface area (Å²) in [6.45, 7) is 0. The fourth-order valence-corrected chi connectivity index (χ4v) is 3.44. The molecule has 1 aliphatic rings.